The quantitative estimate of drug-likeness (QED) is 0.618. The molecule has 0 saturated carbocycles. The maximum atomic E-state index is 11.9. The summed E-state index contributed by atoms with van der Waals surface area (Å²) in [6.45, 7) is 0.482. The number of aromatic nitrogens is 3. The molecule has 138 valence electrons. The monoisotopic (exact) mass is 402 g/mol. The van der Waals surface area contributed by atoms with Gasteiger partial charge < -0.3 is 11.5 Å². The second-order valence-electron chi connectivity index (χ2n) is 6.12. The zero-order valence-corrected chi connectivity index (χ0v) is 15.6. The van der Waals surface area contributed by atoms with E-state index in [1.165, 1.54) is 11.3 Å². The van der Waals surface area contributed by atoms with Crippen molar-refractivity contribution in [3.05, 3.63) is 52.1 Å². The van der Waals surface area contributed by atoms with Crippen molar-refractivity contribution < 1.29 is 9.59 Å². The number of nitrogens with one attached hydrogen (secondary N) is 1. The fourth-order valence-corrected chi connectivity index (χ4v) is 4.70. The number of nitrogens with two attached hydrogens (primary N) is 2. The van der Waals surface area contributed by atoms with Gasteiger partial charge in [-0.3, -0.25) is 19.8 Å². The van der Waals surface area contributed by atoms with Gasteiger partial charge in [-0.25, -0.2) is 4.79 Å². The normalized spacial score (nSPS) is 12.3. The molecule has 0 bridgehead atoms. The molecule has 3 aromatic heterocycles. The minimum atomic E-state index is -0.738. The van der Waals surface area contributed by atoms with Crippen molar-refractivity contribution in [2.24, 2.45) is 11.5 Å². The highest BCUT2D eigenvalue weighted by Crippen LogP contribution is 2.44. The van der Waals surface area contributed by atoms with E-state index in [-0.39, 0.29) is 0 Å². The number of fused-ring (bicyclic) bond motifs is 3. The summed E-state index contributed by atoms with van der Waals surface area (Å²) >= 11 is 7.49. The number of carbonyl (C=O) groups is 2. The second-order valence-corrected chi connectivity index (χ2v) is 7.55. The topological polar surface area (TPSA) is 129 Å². The fraction of sp³-hybridized carbons (Fsp3) is 0.176. The molecule has 8 nitrogen and oxygen atoms in total. The first-order valence-electron chi connectivity index (χ1n) is 8.11. The van der Waals surface area contributed by atoms with Crippen molar-refractivity contribution in [3.8, 4) is 10.4 Å². The molecule has 0 aromatic carbocycles. The lowest BCUT2D eigenvalue weighted by atomic mass is 9.94. The molecule has 0 saturated heterocycles. The number of halogens is 1. The van der Waals surface area contributed by atoms with Crippen molar-refractivity contribution >= 4 is 39.9 Å². The van der Waals surface area contributed by atoms with E-state index in [2.05, 4.69) is 15.4 Å². The summed E-state index contributed by atoms with van der Waals surface area (Å²) in [5.41, 5.74) is 14.6. The lowest BCUT2D eigenvalue weighted by Crippen LogP contribution is -2.22. The van der Waals surface area contributed by atoms with Crippen LogP contribution in [0.25, 0.3) is 10.4 Å². The Morgan fingerprint density at radius 3 is 2.85 bits per heavy atom. The number of nitrogens with zero attached hydrogens (tertiary/aromatic N) is 3. The van der Waals surface area contributed by atoms with Crippen LogP contribution in [0.4, 0.5) is 9.80 Å². The molecule has 0 spiro atoms. The number of carbonyl (C=O) groups excluding carboxylic acids is 2. The Bertz CT molecular complexity index is 1070. The third kappa shape index (κ3) is 3.15. The van der Waals surface area contributed by atoms with Crippen LogP contribution < -0.4 is 16.8 Å². The standard InChI is InChI=1S/C17H15ClN6O2S/c18-11-3-4-21-5-8(11)6-24-7-10-12(23-24)2-1-9-13(15(19)25)16(22-17(20)26)27-14(9)10/h3-5,7H,1-2,6H2,(H2,19,25)(H3,20,22,26). The molecule has 4 rings (SSSR count). The van der Waals surface area contributed by atoms with Gasteiger partial charge in [0.1, 0.15) is 5.00 Å². The summed E-state index contributed by atoms with van der Waals surface area (Å²) < 4.78 is 1.80. The molecule has 10 heteroatoms. The smallest absolute Gasteiger partial charge is 0.317 e. The first-order valence-corrected chi connectivity index (χ1v) is 9.30. The van der Waals surface area contributed by atoms with E-state index in [1.807, 2.05) is 6.20 Å². The molecular formula is C17H15ClN6O2S. The highest BCUT2D eigenvalue weighted by Gasteiger charge is 2.29. The maximum absolute atomic E-state index is 11.9. The SMILES string of the molecule is NC(=O)Nc1sc2c(c1C(N)=O)CCc1nn(Cc3cnccc3Cl)cc1-2. The van der Waals surface area contributed by atoms with E-state index in [4.69, 9.17) is 23.1 Å². The van der Waals surface area contributed by atoms with Gasteiger partial charge in [0.15, 0.2) is 0 Å². The molecule has 0 fully saturated rings. The molecule has 0 aliphatic heterocycles. The molecule has 3 aromatic rings. The highest BCUT2D eigenvalue weighted by atomic mass is 35.5. The van der Waals surface area contributed by atoms with Gasteiger partial charge in [0, 0.05) is 39.6 Å². The number of primary amides is 2. The molecular weight excluding hydrogens is 388 g/mol. The lowest BCUT2D eigenvalue weighted by molar-refractivity contribution is 0.100. The van der Waals surface area contributed by atoms with Gasteiger partial charge in [-0.05, 0) is 24.5 Å². The van der Waals surface area contributed by atoms with Crippen LogP contribution in [-0.4, -0.2) is 26.7 Å². The van der Waals surface area contributed by atoms with Crippen molar-refractivity contribution in [3.63, 3.8) is 0 Å². The van der Waals surface area contributed by atoms with Gasteiger partial charge in [0.05, 0.1) is 17.8 Å². The Balaban J connectivity index is 1.75. The van der Waals surface area contributed by atoms with Crippen molar-refractivity contribution in [1.29, 1.82) is 0 Å². The zero-order chi connectivity index (χ0) is 19.1. The van der Waals surface area contributed by atoms with E-state index in [9.17, 15) is 9.59 Å². The third-order valence-electron chi connectivity index (χ3n) is 4.36. The number of rotatable bonds is 4. The fourth-order valence-electron chi connectivity index (χ4n) is 3.24. The van der Waals surface area contributed by atoms with E-state index in [1.54, 1.807) is 23.1 Å². The van der Waals surface area contributed by atoms with Crippen LogP contribution in [0.3, 0.4) is 0 Å². The van der Waals surface area contributed by atoms with Crippen molar-refractivity contribution in [2.75, 3.05) is 5.32 Å². The molecule has 5 N–H and O–H groups in total. The Morgan fingerprint density at radius 1 is 1.33 bits per heavy atom. The van der Waals surface area contributed by atoms with Gasteiger partial charge in [0.25, 0.3) is 5.91 Å². The van der Waals surface area contributed by atoms with Crippen LogP contribution in [0, 0.1) is 0 Å². The lowest BCUT2D eigenvalue weighted by Gasteiger charge is -2.11. The highest BCUT2D eigenvalue weighted by molar-refractivity contribution is 7.20. The summed E-state index contributed by atoms with van der Waals surface area (Å²) in [5, 5.41) is 8.14. The first kappa shape index (κ1) is 17.5. The Labute approximate surface area is 163 Å². The molecule has 3 heterocycles. The molecule has 1 aliphatic rings. The molecule has 3 amide bonds. The van der Waals surface area contributed by atoms with E-state index >= 15 is 0 Å². The predicted molar refractivity (Wildman–Crippen MR) is 103 cm³/mol. The van der Waals surface area contributed by atoms with Gasteiger partial charge in [-0.2, -0.15) is 5.10 Å². The number of urea groups is 1. The average molecular weight is 403 g/mol. The number of hydrogen-bond donors (Lipinski definition) is 3. The number of amides is 3. The third-order valence-corrected chi connectivity index (χ3v) is 5.91. The Hall–Kier alpha value is -2.91. The average Bonchev–Trinajstić information content (AvgIpc) is 3.16. The van der Waals surface area contributed by atoms with Gasteiger partial charge >= 0.3 is 6.03 Å². The summed E-state index contributed by atoms with van der Waals surface area (Å²) in [5.74, 6) is -0.589. The van der Waals surface area contributed by atoms with Crippen LogP contribution >= 0.6 is 22.9 Å². The first-order chi connectivity index (χ1) is 12.9. The van der Waals surface area contributed by atoms with Gasteiger partial charge in [-0.1, -0.05) is 11.6 Å². The van der Waals surface area contributed by atoms with Crippen LogP contribution in [-0.2, 0) is 19.4 Å². The molecule has 0 unspecified atom stereocenters. The number of anilines is 1. The largest absolute Gasteiger partial charge is 0.365 e. The number of pyridine rings is 1. The van der Waals surface area contributed by atoms with Crippen LogP contribution in [0.15, 0.2) is 24.7 Å². The molecule has 1 aliphatic carbocycles. The van der Waals surface area contributed by atoms with Crippen LogP contribution in [0.5, 0.6) is 0 Å². The predicted octanol–water partition coefficient (Wildman–Crippen LogP) is 2.40. The molecule has 0 atom stereocenters. The maximum Gasteiger partial charge on any atom is 0.317 e. The molecule has 27 heavy (non-hydrogen) atoms. The summed E-state index contributed by atoms with van der Waals surface area (Å²) in [4.78, 5) is 28.2. The number of aryl methyl sites for hydroxylation is 1. The minimum Gasteiger partial charge on any atom is -0.365 e. The summed E-state index contributed by atoms with van der Waals surface area (Å²) in [6, 6.07) is 0.997. The van der Waals surface area contributed by atoms with Crippen LogP contribution in [0.1, 0.15) is 27.2 Å². The zero-order valence-electron chi connectivity index (χ0n) is 14.0. The molecule has 0 radical (unpaired) electrons. The van der Waals surface area contributed by atoms with Crippen molar-refractivity contribution in [2.45, 2.75) is 19.4 Å². The number of thiophene rings is 1. The summed E-state index contributed by atoms with van der Waals surface area (Å²) in [7, 11) is 0. The van der Waals surface area contributed by atoms with Gasteiger partial charge in [-0.15, -0.1) is 11.3 Å². The Kier molecular flexibility index (Phi) is 4.33. The number of hydrogen-bond acceptors (Lipinski definition) is 5. The van der Waals surface area contributed by atoms with E-state index < -0.39 is 11.9 Å². The van der Waals surface area contributed by atoms with E-state index in [0.717, 1.165) is 27.3 Å². The second kappa shape index (κ2) is 6.67. The summed E-state index contributed by atoms with van der Waals surface area (Å²) in [6.07, 6.45) is 6.54. The van der Waals surface area contributed by atoms with E-state index in [0.29, 0.717) is 35.0 Å². The van der Waals surface area contributed by atoms with Crippen molar-refractivity contribution in [1.82, 2.24) is 14.8 Å². The van der Waals surface area contributed by atoms with Gasteiger partial charge in [0.2, 0.25) is 0 Å². The Morgan fingerprint density at radius 2 is 2.15 bits per heavy atom. The van der Waals surface area contributed by atoms with Crippen LogP contribution in [0.2, 0.25) is 5.02 Å². The minimum absolute atomic E-state index is 0.322.